The second-order valence-corrected chi connectivity index (χ2v) is 4.83. The van der Waals surface area contributed by atoms with Crippen LogP contribution < -0.4 is 0 Å². The van der Waals surface area contributed by atoms with Crippen LogP contribution in [0.5, 0.6) is 0 Å². The van der Waals surface area contributed by atoms with E-state index in [4.69, 9.17) is 0 Å². The molecule has 0 aliphatic heterocycles. The normalized spacial score (nSPS) is 15.6. The number of halogens is 5. The predicted octanol–water partition coefficient (Wildman–Crippen LogP) is 4.66. The minimum absolute atomic E-state index is 0.0539. The smallest absolute Gasteiger partial charge is 0.390 e. The number of hydrogen-bond donors (Lipinski definition) is 1. The lowest BCUT2D eigenvalue weighted by atomic mass is 9.76. The Kier molecular flexibility index (Phi) is 6.64. The van der Waals surface area contributed by atoms with Crippen molar-refractivity contribution in [1.29, 1.82) is 0 Å². The number of alkyl halides is 5. The second kappa shape index (κ2) is 7.04. The van der Waals surface area contributed by atoms with Crippen LogP contribution in [0.25, 0.3) is 0 Å². The van der Waals surface area contributed by atoms with Crippen molar-refractivity contribution in [2.24, 2.45) is 11.3 Å². The van der Waals surface area contributed by atoms with E-state index in [-0.39, 0.29) is 12.8 Å². The van der Waals surface area contributed by atoms with Gasteiger partial charge in [0.2, 0.25) is 6.43 Å². The third-order valence-corrected chi connectivity index (χ3v) is 3.54. The van der Waals surface area contributed by atoms with Crippen LogP contribution in [0.2, 0.25) is 0 Å². The highest BCUT2D eigenvalue weighted by atomic mass is 19.4. The zero-order valence-corrected chi connectivity index (χ0v) is 11.6. The molecule has 0 radical (unpaired) electrons. The lowest BCUT2D eigenvalue weighted by Gasteiger charge is -2.32. The first-order chi connectivity index (χ1) is 8.99. The summed E-state index contributed by atoms with van der Waals surface area (Å²) >= 11 is 0. The van der Waals surface area contributed by atoms with Crippen molar-refractivity contribution in [2.45, 2.75) is 52.6 Å². The highest BCUT2D eigenvalue weighted by Gasteiger charge is 2.43. The van der Waals surface area contributed by atoms with E-state index in [1.165, 1.54) is 13.8 Å². The van der Waals surface area contributed by atoms with Crippen LogP contribution in [0, 0.1) is 11.3 Å². The lowest BCUT2D eigenvalue weighted by Crippen LogP contribution is -2.30. The van der Waals surface area contributed by atoms with Crippen molar-refractivity contribution >= 4 is 5.78 Å². The molecule has 1 unspecified atom stereocenters. The van der Waals surface area contributed by atoms with E-state index in [2.05, 4.69) is 0 Å². The van der Waals surface area contributed by atoms with Crippen LogP contribution >= 0.6 is 0 Å². The third-order valence-electron chi connectivity index (χ3n) is 3.54. The molecule has 0 amide bonds. The lowest BCUT2D eigenvalue weighted by molar-refractivity contribution is -0.158. The fraction of sp³-hybridized carbons (Fsp3) is 0.769. The summed E-state index contributed by atoms with van der Waals surface area (Å²) in [4.78, 5) is 11.4. The van der Waals surface area contributed by atoms with Gasteiger partial charge < -0.3 is 5.11 Å². The molecule has 0 rings (SSSR count). The topological polar surface area (TPSA) is 37.3 Å². The SMILES string of the molecule is CCC(CC)(CC(F)(F)F)/C(O)=C/C(=O)C(C)C(F)F. The largest absolute Gasteiger partial charge is 0.512 e. The Morgan fingerprint density at radius 3 is 1.95 bits per heavy atom. The van der Waals surface area contributed by atoms with E-state index in [0.717, 1.165) is 6.92 Å². The second-order valence-electron chi connectivity index (χ2n) is 4.83. The molecule has 0 aliphatic rings. The number of aliphatic hydroxyl groups excluding tert-OH is 1. The summed E-state index contributed by atoms with van der Waals surface area (Å²) in [5, 5.41) is 9.82. The molecule has 2 nitrogen and oxygen atoms in total. The summed E-state index contributed by atoms with van der Waals surface area (Å²) in [6.07, 6.45) is -8.35. The maximum Gasteiger partial charge on any atom is 0.390 e. The summed E-state index contributed by atoms with van der Waals surface area (Å²) in [6.45, 7) is 3.85. The van der Waals surface area contributed by atoms with Crippen molar-refractivity contribution in [3.8, 4) is 0 Å². The predicted molar refractivity (Wildman–Crippen MR) is 64.6 cm³/mol. The molecule has 0 heterocycles. The van der Waals surface area contributed by atoms with Crippen molar-refractivity contribution in [3.05, 3.63) is 11.8 Å². The Bertz CT molecular complexity index is 356. The van der Waals surface area contributed by atoms with Gasteiger partial charge in [-0.1, -0.05) is 13.8 Å². The standard InChI is InChI=1S/C13H19F5O2/c1-4-12(5-2,7-13(16,17)18)10(20)6-9(19)8(3)11(14)15/h6,8,11,20H,4-5,7H2,1-3H3/b10-6-. The fourth-order valence-electron chi connectivity index (χ4n) is 1.88. The molecule has 0 spiro atoms. The molecule has 1 N–H and O–H groups in total. The average molecular weight is 302 g/mol. The Morgan fingerprint density at radius 1 is 1.20 bits per heavy atom. The maximum atomic E-state index is 12.6. The van der Waals surface area contributed by atoms with E-state index in [0.29, 0.717) is 6.08 Å². The van der Waals surface area contributed by atoms with Crippen molar-refractivity contribution in [2.75, 3.05) is 0 Å². The highest BCUT2D eigenvalue weighted by molar-refractivity contribution is 5.92. The zero-order chi connectivity index (χ0) is 16.1. The first-order valence-electron chi connectivity index (χ1n) is 6.29. The number of carbonyl (C=O) groups excluding carboxylic acids is 1. The molecular formula is C13H19F5O2. The third kappa shape index (κ3) is 5.09. The number of rotatable bonds is 7. The highest BCUT2D eigenvalue weighted by Crippen LogP contribution is 2.43. The molecule has 0 saturated heterocycles. The molecule has 7 heteroatoms. The minimum atomic E-state index is -4.52. The van der Waals surface area contributed by atoms with E-state index in [1.54, 1.807) is 0 Å². The van der Waals surface area contributed by atoms with E-state index in [1.807, 2.05) is 0 Å². The van der Waals surface area contributed by atoms with Gasteiger partial charge in [0.15, 0.2) is 5.78 Å². The molecule has 0 aromatic carbocycles. The molecule has 20 heavy (non-hydrogen) atoms. The molecule has 118 valence electrons. The Morgan fingerprint density at radius 2 is 1.65 bits per heavy atom. The van der Waals surface area contributed by atoms with Crippen molar-refractivity contribution < 1.29 is 31.9 Å². The number of allylic oxidation sites excluding steroid dienone is 2. The molecule has 0 aromatic heterocycles. The van der Waals surface area contributed by atoms with Crippen LogP contribution in [0.3, 0.4) is 0 Å². The molecule has 0 fully saturated rings. The Labute approximate surface area is 114 Å². The van der Waals surface area contributed by atoms with Crippen LogP contribution in [0.1, 0.15) is 40.0 Å². The quantitative estimate of drug-likeness (QED) is 0.422. The average Bonchev–Trinajstić information content (AvgIpc) is 2.33. The van der Waals surface area contributed by atoms with Gasteiger partial charge >= 0.3 is 6.18 Å². The van der Waals surface area contributed by atoms with Crippen LogP contribution in [0.4, 0.5) is 22.0 Å². The summed E-state index contributed by atoms with van der Waals surface area (Å²) in [7, 11) is 0. The van der Waals surface area contributed by atoms with Crippen molar-refractivity contribution in [3.63, 3.8) is 0 Å². The molecule has 0 aliphatic carbocycles. The zero-order valence-electron chi connectivity index (χ0n) is 11.6. The summed E-state index contributed by atoms with van der Waals surface area (Å²) in [5.74, 6) is -3.52. The van der Waals surface area contributed by atoms with Gasteiger partial charge in [-0.3, -0.25) is 4.79 Å². The molecule has 0 saturated carbocycles. The first-order valence-corrected chi connectivity index (χ1v) is 6.29. The Balaban J connectivity index is 5.34. The monoisotopic (exact) mass is 302 g/mol. The van der Waals surface area contributed by atoms with E-state index < -0.39 is 41.9 Å². The van der Waals surface area contributed by atoms with Gasteiger partial charge in [-0.25, -0.2) is 8.78 Å². The summed E-state index contributed by atoms with van der Waals surface area (Å²) in [5.41, 5.74) is -1.64. The van der Waals surface area contributed by atoms with Gasteiger partial charge in [0.1, 0.15) is 5.76 Å². The Hall–Kier alpha value is -1.14. The maximum absolute atomic E-state index is 12.6. The van der Waals surface area contributed by atoms with Gasteiger partial charge in [0, 0.05) is 11.5 Å². The number of aliphatic hydroxyl groups is 1. The van der Waals surface area contributed by atoms with Gasteiger partial charge in [-0.05, 0) is 19.8 Å². The van der Waals surface area contributed by atoms with Crippen LogP contribution in [0.15, 0.2) is 11.8 Å². The van der Waals surface area contributed by atoms with Crippen LogP contribution in [-0.4, -0.2) is 23.5 Å². The van der Waals surface area contributed by atoms with Crippen LogP contribution in [-0.2, 0) is 4.79 Å². The number of hydrogen-bond acceptors (Lipinski definition) is 2. The molecule has 1 atom stereocenters. The first kappa shape index (κ1) is 18.9. The van der Waals surface area contributed by atoms with E-state index in [9.17, 15) is 31.9 Å². The molecule has 0 bridgehead atoms. The molecular weight excluding hydrogens is 283 g/mol. The molecule has 0 aromatic rings. The fourth-order valence-corrected chi connectivity index (χ4v) is 1.88. The van der Waals surface area contributed by atoms with Gasteiger partial charge in [-0.15, -0.1) is 0 Å². The number of ketones is 1. The summed E-state index contributed by atoms with van der Waals surface area (Å²) in [6, 6.07) is 0. The minimum Gasteiger partial charge on any atom is -0.512 e. The van der Waals surface area contributed by atoms with E-state index >= 15 is 0 Å². The van der Waals surface area contributed by atoms with Crippen molar-refractivity contribution in [1.82, 2.24) is 0 Å². The van der Waals surface area contributed by atoms with Gasteiger partial charge in [0.05, 0.1) is 12.3 Å². The number of carbonyl (C=O) groups is 1. The summed E-state index contributed by atoms with van der Waals surface area (Å²) < 4.78 is 62.4. The van der Waals surface area contributed by atoms with Gasteiger partial charge in [-0.2, -0.15) is 13.2 Å². The van der Waals surface area contributed by atoms with Gasteiger partial charge in [0.25, 0.3) is 0 Å².